The fraction of sp³-hybridized carbons (Fsp3) is 0.143. The average Bonchev–Trinajstić information content (AvgIpc) is 2.92. The maximum absolute atomic E-state index is 12.7. The lowest BCUT2D eigenvalue weighted by molar-refractivity contribution is -0.137. The first-order chi connectivity index (χ1) is 12.9. The molecule has 0 spiro atoms. The lowest BCUT2D eigenvalue weighted by atomic mass is 9.90. The number of benzene rings is 2. The Hall–Kier alpha value is -3.15. The number of rotatable bonds is 2. The number of alkyl halides is 3. The molecule has 6 heteroatoms. The summed E-state index contributed by atoms with van der Waals surface area (Å²) in [6.45, 7) is 0. The Morgan fingerprint density at radius 2 is 1.44 bits per heavy atom. The largest absolute Gasteiger partial charge is 0.494 e. The normalized spacial score (nSPS) is 14.0. The number of aromatic hydroxyl groups is 2. The highest BCUT2D eigenvalue weighted by Gasteiger charge is 2.30. The van der Waals surface area contributed by atoms with Gasteiger partial charge >= 0.3 is 6.18 Å². The van der Waals surface area contributed by atoms with Crippen molar-refractivity contribution in [2.75, 3.05) is 0 Å². The Bertz CT molecular complexity index is 1020. The van der Waals surface area contributed by atoms with Crippen LogP contribution in [-0.4, -0.2) is 14.8 Å². The zero-order valence-electron chi connectivity index (χ0n) is 14.2. The quantitative estimate of drug-likeness (QED) is 0.659. The van der Waals surface area contributed by atoms with Gasteiger partial charge in [0.25, 0.3) is 0 Å². The first-order valence-electron chi connectivity index (χ1n) is 8.42. The van der Waals surface area contributed by atoms with E-state index in [2.05, 4.69) is 0 Å². The smallest absolute Gasteiger partial charge is 0.416 e. The van der Waals surface area contributed by atoms with E-state index in [1.165, 1.54) is 16.7 Å². The highest BCUT2D eigenvalue weighted by Crippen LogP contribution is 2.42. The maximum Gasteiger partial charge on any atom is 0.416 e. The van der Waals surface area contributed by atoms with Gasteiger partial charge in [-0.2, -0.15) is 13.2 Å². The van der Waals surface area contributed by atoms with Crippen LogP contribution < -0.4 is 0 Å². The van der Waals surface area contributed by atoms with Gasteiger partial charge in [-0.3, -0.25) is 4.57 Å². The molecule has 0 bridgehead atoms. The number of para-hydroxylation sites is 1. The van der Waals surface area contributed by atoms with Crippen molar-refractivity contribution in [3.05, 3.63) is 82.9 Å². The van der Waals surface area contributed by atoms with Crippen LogP contribution in [0.2, 0.25) is 0 Å². The second kappa shape index (κ2) is 6.23. The molecule has 1 aliphatic rings. The molecule has 0 saturated heterocycles. The molecule has 3 nitrogen and oxygen atoms in total. The molecule has 0 amide bonds. The minimum absolute atomic E-state index is 0.0172. The third-order valence-corrected chi connectivity index (χ3v) is 4.84. The highest BCUT2D eigenvalue weighted by molar-refractivity contribution is 5.73. The third kappa shape index (κ3) is 2.97. The lowest BCUT2D eigenvalue weighted by Gasteiger charge is -2.15. The van der Waals surface area contributed by atoms with Gasteiger partial charge in [-0.1, -0.05) is 36.4 Å². The van der Waals surface area contributed by atoms with Gasteiger partial charge in [0.15, 0.2) is 0 Å². The minimum atomic E-state index is -4.37. The van der Waals surface area contributed by atoms with Crippen LogP contribution in [0.1, 0.15) is 22.3 Å². The van der Waals surface area contributed by atoms with Gasteiger partial charge in [0.1, 0.15) is 0 Å². The van der Waals surface area contributed by atoms with Crippen molar-refractivity contribution in [3.8, 4) is 17.4 Å². The molecule has 0 atom stereocenters. The van der Waals surface area contributed by atoms with E-state index in [1.807, 2.05) is 12.1 Å². The zero-order chi connectivity index (χ0) is 19.2. The summed E-state index contributed by atoms with van der Waals surface area (Å²) in [5.41, 5.74) is 2.65. The van der Waals surface area contributed by atoms with E-state index in [-0.39, 0.29) is 11.8 Å². The zero-order valence-corrected chi connectivity index (χ0v) is 14.2. The molecule has 0 aliphatic heterocycles. The Labute approximate surface area is 153 Å². The van der Waals surface area contributed by atoms with Crippen LogP contribution in [0.3, 0.4) is 0 Å². The molecule has 0 unspecified atom stereocenters. The molecule has 3 aromatic rings. The van der Waals surface area contributed by atoms with Crippen molar-refractivity contribution < 1.29 is 23.4 Å². The molecule has 1 aromatic heterocycles. The Morgan fingerprint density at radius 1 is 0.815 bits per heavy atom. The molecule has 0 radical (unpaired) electrons. The Morgan fingerprint density at radius 3 is 2.07 bits per heavy atom. The predicted molar refractivity (Wildman–Crippen MR) is 95.9 cm³/mol. The van der Waals surface area contributed by atoms with E-state index in [0.29, 0.717) is 35.2 Å². The summed E-state index contributed by atoms with van der Waals surface area (Å²) >= 11 is 0. The van der Waals surface area contributed by atoms with Gasteiger partial charge in [0.05, 0.1) is 11.3 Å². The predicted octanol–water partition coefficient (Wildman–Crippen LogP) is 5.09. The van der Waals surface area contributed by atoms with Gasteiger partial charge in [-0.15, -0.1) is 0 Å². The summed E-state index contributed by atoms with van der Waals surface area (Å²) in [6, 6.07) is 14.0. The van der Waals surface area contributed by atoms with Gasteiger partial charge < -0.3 is 10.2 Å². The van der Waals surface area contributed by atoms with Crippen molar-refractivity contribution in [2.45, 2.75) is 19.0 Å². The van der Waals surface area contributed by atoms with E-state index in [1.54, 1.807) is 24.3 Å². The number of halogens is 3. The van der Waals surface area contributed by atoms with Crippen LogP contribution >= 0.6 is 0 Å². The molecule has 2 N–H and O–H groups in total. The maximum atomic E-state index is 12.7. The number of aromatic nitrogens is 1. The fourth-order valence-corrected chi connectivity index (χ4v) is 3.44. The highest BCUT2D eigenvalue weighted by atomic mass is 19.4. The van der Waals surface area contributed by atoms with Gasteiger partial charge in [0, 0.05) is 17.5 Å². The Kier molecular flexibility index (Phi) is 3.98. The topological polar surface area (TPSA) is 45.4 Å². The van der Waals surface area contributed by atoms with Crippen molar-refractivity contribution in [3.63, 3.8) is 0 Å². The fourth-order valence-electron chi connectivity index (χ4n) is 3.44. The van der Waals surface area contributed by atoms with Crippen LogP contribution in [0.25, 0.3) is 11.3 Å². The molecule has 0 fully saturated rings. The number of nitrogens with zero attached hydrogens (tertiary/aromatic N) is 1. The van der Waals surface area contributed by atoms with Gasteiger partial charge in [-0.05, 0) is 41.8 Å². The van der Waals surface area contributed by atoms with Crippen molar-refractivity contribution in [1.29, 1.82) is 0 Å². The Balaban J connectivity index is 1.68. The van der Waals surface area contributed by atoms with Crippen LogP contribution in [0.5, 0.6) is 11.8 Å². The average molecular weight is 371 g/mol. The minimum Gasteiger partial charge on any atom is -0.494 e. The van der Waals surface area contributed by atoms with Crippen LogP contribution in [0.15, 0.2) is 60.7 Å². The molecule has 138 valence electrons. The second-order valence-electron chi connectivity index (χ2n) is 6.46. The molecular weight excluding hydrogens is 355 g/mol. The third-order valence-electron chi connectivity index (χ3n) is 4.84. The van der Waals surface area contributed by atoms with Crippen LogP contribution in [-0.2, 0) is 19.0 Å². The van der Waals surface area contributed by atoms with Crippen molar-refractivity contribution >= 4 is 5.57 Å². The van der Waals surface area contributed by atoms with E-state index >= 15 is 0 Å². The van der Waals surface area contributed by atoms with Crippen molar-refractivity contribution in [2.24, 2.45) is 0 Å². The molecular formula is C21H16F3NO2. The second-order valence-corrected chi connectivity index (χ2v) is 6.46. The molecule has 1 aliphatic carbocycles. The van der Waals surface area contributed by atoms with Gasteiger partial charge in [-0.25, -0.2) is 0 Å². The van der Waals surface area contributed by atoms with E-state index in [0.717, 1.165) is 17.7 Å². The number of fused-ring (bicyclic) bond motifs is 1. The molecule has 2 aromatic carbocycles. The monoisotopic (exact) mass is 371 g/mol. The SMILES string of the molecule is Oc1c2c(c(O)n1-c1ccccc1)CC(c1ccc(C(F)(F)F)cc1)=CC2. The molecule has 0 saturated carbocycles. The van der Waals surface area contributed by atoms with E-state index in [9.17, 15) is 23.4 Å². The van der Waals surface area contributed by atoms with E-state index < -0.39 is 11.7 Å². The summed E-state index contributed by atoms with van der Waals surface area (Å²) in [5.74, 6) is -0.0670. The number of allylic oxidation sites excluding steroid dienone is 2. The first kappa shape index (κ1) is 17.3. The molecule has 1 heterocycles. The van der Waals surface area contributed by atoms with Crippen molar-refractivity contribution in [1.82, 2.24) is 4.57 Å². The number of hydrogen-bond acceptors (Lipinski definition) is 2. The summed E-state index contributed by atoms with van der Waals surface area (Å²) in [4.78, 5) is 0. The molecule has 27 heavy (non-hydrogen) atoms. The lowest BCUT2D eigenvalue weighted by Crippen LogP contribution is -2.05. The standard InChI is InChI=1S/C21H16F3NO2/c22-21(23,24)15-9-6-13(7-10-15)14-8-11-17-18(12-14)20(27)25(19(17)26)16-4-2-1-3-5-16/h1-10,26-27H,11-12H2. The van der Waals surface area contributed by atoms with E-state index in [4.69, 9.17) is 0 Å². The van der Waals surface area contributed by atoms with Gasteiger partial charge in [0.2, 0.25) is 11.8 Å². The summed E-state index contributed by atoms with van der Waals surface area (Å²) < 4.78 is 39.6. The molecule has 4 rings (SSSR count). The van der Waals surface area contributed by atoms with Crippen LogP contribution in [0, 0.1) is 0 Å². The summed E-state index contributed by atoms with van der Waals surface area (Å²) in [6.07, 6.45) is -1.77. The first-order valence-corrected chi connectivity index (χ1v) is 8.42. The van der Waals surface area contributed by atoms with Crippen LogP contribution in [0.4, 0.5) is 13.2 Å². The summed E-state index contributed by atoms with van der Waals surface area (Å²) in [5, 5.41) is 21.2. The number of hydrogen-bond donors (Lipinski definition) is 2. The summed E-state index contributed by atoms with van der Waals surface area (Å²) in [7, 11) is 0.